The maximum Gasteiger partial charge on any atom is 0.126 e. The molecule has 0 fully saturated rings. The largest absolute Gasteiger partial charge is 0.395 e. The first kappa shape index (κ1) is 13.3. The van der Waals surface area contributed by atoms with Crippen LogP contribution >= 0.6 is 11.8 Å². The van der Waals surface area contributed by atoms with Crippen LogP contribution in [0.3, 0.4) is 0 Å². The van der Waals surface area contributed by atoms with E-state index >= 15 is 0 Å². The molecule has 0 aliphatic rings. The van der Waals surface area contributed by atoms with Crippen LogP contribution in [0.2, 0.25) is 0 Å². The molecule has 0 radical (unpaired) electrons. The summed E-state index contributed by atoms with van der Waals surface area (Å²) in [4.78, 5) is 4.50. The van der Waals surface area contributed by atoms with Crippen molar-refractivity contribution in [1.29, 1.82) is 0 Å². The maximum atomic E-state index is 8.93. The summed E-state index contributed by atoms with van der Waals surface area (Å²) in [6.45, 7) is 5.33. The van der Waals surface area contributed by atoms with Gasteiger partial charge in [0.1, 0.15) is 5.82 Å². The van der Waals surface area contributed by atoms with Crippen LogP contribution in [-0.4, -0.2) is 28.5 Å². The van der Waals surface area contributed by atoms with Gasteiger partial charge in [0.2, 0.25) is 0 Å². The Kier molecular flexibility index (Phi) is 6.26. The third-order valence-electron chi connectivity index (χ3n) is 2.14. The summed E-state index contributed by atoms with van der Waals surface area (Å²) >= 11 is 1.72. The lowest BCUT2D eigenvalue weighted by Crippen LogP contribution is -2.05. The van der Waals surface area contributed by atoms with E-state index in [1.165, 1.54) is 0 Å². The number of thioether (sulfide) groups is 1. The summed E-state index contributed by atoms with van der Waals surface area (Å²) in [5.41, 5.74) is 1.06. The van der Waals surface area contributed by atoms with Crippen LogP contribution in [0.15, 0.2) is 18.2 Å². The Balaban J connectivity index is 2.46. The monoisotopic (exact) mass is 240 g/mol. The molecule has 3 nitrogen and oxygen atoms in total. The Labute approximate surface area is 102 Å². The van der Waals surface area contributed by atoms with Gasteiger partial charge in [0, 0.05) is 17.5 Å². The quantitative estimate of drug-likeness (QED) is 0.768. The standard InChI is InChI=1S/C12H20N2OS/c1-3-7-13-12-6-4-5-11(14-12)9-16-10(2)8-15/h4-6,10,15H,3,7-9H2,1-2H3,(H,13,14). The van der Waals surface area contributed by atoms with Gasteiger partial charge in [0.15, 0.2) is 0 Å². The zero-order valence-electron chi connectivity index (χ0n) is 9.94. The molecule has 0 aromatic carbocycles. The lowest BCUT2D eigenvalue weighted by Gasteiger charge is -2.08. The molecule has 0 aliphatic carbocycles. The topological polar surface area (TPSA) is 45.1 Å². The van der Waals surface area contributed by atoms with E-state index in [9.17, 15) is 0 Å². The Morgan fingerprint density at radius 3 is 3.00 bits per heavy atom. The van der Waals surface area contributed by atoms with Crippen molar-refractivity contribution in [1.82, 2.24) is 4.98 Å². The van der Waals surface area contributed by atoms with Crippen LogP contribution in [0.1, 0.15) is 26.0 Å². The molecule has 1 aromatic rings. The molecule has 0 amide bonds. The van der Waals surface area contributed by atoms with Crippen LogP contribution in [0, 0.1) is 0 Å². The summed E-state index contributed by atoms with van der Waals surface area (Å²) < 4.78 is 0. The molecule has 0 bridgehead atoms. The van der Waals surface area contributed by atoms with Gasteiger partial charge in [-0.25, -0.2) is 4.98 Å². The normalized spacial score (nSPS) is 12.4. The fraction of sp³-hybridized carbons (Fsp3) is 0.583. The molecule has 1 unspecified atom stereocenters. The first-order valence-electron chi connectivity index (χ1n) is 5.68. The molecule has 0 saturated heterocycles. The average Bonchev–Trinajstić information content (AvgIpc) is 2.34. The highest BCUT2D eigenvalue weighted by Gasteiger charge is 2.02. The lowest BCUT2D eigenvalue weighted by atomic mass is 10.3. The van der Waals surface area contributed by atoms with Crippen LogP contribution in [0.25, 0.3) is 0 Å². The second-order valence-corrected chi connectivity index (χ2v) is 5.17. The van der Waals surface area contributed by atoms with E-state index in [-0.39, 0.29) is 11.9 Å². The molecule has 4 heteroatoms. The molecule has 1 aromatic heterocycles. The predicted molar refractivity (Wildman–Crippen MR) is 70.9 cm³/mol. The Hall–Kier alpha value is -0.740. The van der Waals surface area contributed by atoms with Crippen molar-refractivity contribution in [3.8, 4) is 0 Å². The van der Waals surface area contributed by atoms with Crippen LogP contribution in [0.4, 0.5) is 5.82 Å². The van der Waals surface area contributed by atoms with Crippen molar-refractivity contribution in [2.75, 3.05) is 18.5 Å². The molecule has 1 heterocycles. The number of pyridine rings is 1. The fourth-order valence-electron chi connectivity index (χ4n) is 1.19. The molecule has 1 rings (SSSR count). The molecular weight excluding hydrogens is 220 g/mol. The van der Waals surface area contributed by atoms with E-state index in [2.05, 4.69) is 17.2 Å². The fourth-order valence-corrected chi connectivity index (χ4v) is 1.91. The molecule has 0 spiro atoms. The van der Waals surface area contributed by atoms with Crippen molar-refractivity contribution >= 4 is 17.6 Å². The van der Waals surface area contributed by atoms with Crippen molar-refractivity contribution in [3.63, 3.8) is 0 Å². The molecular formula is C12H20N2OS. The van der Waals surface area contributed by atoms with E-state index in [1.807, 2.05) is 25.1 Å². The highest BCUT2D eigenvalue weighted by Crippen LogP contribution is 2.16. The van der Waals surface area contributed by atoms with Gasteiger partial charge >= 0.3 is 0 Å². The van der Waals surface area contributed by atoms with Gasteiger partial charge in [-0.15, -0.1) is 0 Å². The van der Waals surface area contributed by atoms with Crippen LogP contribution in [0.5, 0.6) is 0 Å². The minimum absolute atomic E-state index is 0.221. The van der Waals surface area contributed by atoms with Gasteiger partial charge in [-0.3, -0.25) is 0 Å². The summed E-state index contributed by atoms with van der Waals surface area (Å²) in [6, 6.07) is 6.03. The number of aliphatic hydroxyl groups is 1. The van der Waals surface area contributed by atoms with Crippen molar-refractivity contribution in [3.05, 3.63) is 23.9 Å². The maximum absolute atomic E-state index is 8.93. The minimum atomic E-state index is 0.221. The zero-order chi connectivity index (χ0) is 11.8. The predicted octanol–water partition coefficient (Wildman–Crippen LogP) is 2.52. The molecule has 90 valence electrons. The third-order valence-corrected chi connectivity index (χ3v) is 3.32. The van der Waals surface area contributed by atoms with Gasteiger partial charge in [-0.1, -0.05) is 19.9 Å². The first-order valence-corrected chi connectivity index (χ1v) is 6.73. The summed E-state index contributed by atoms with van der Waals surface area (Å²) in [6.07, 6.45) is 1.10. The molecule has 0 aliphatic heterocycles. The minimum Gasteiger partial charge on any atom is -0.395 e. The number of hydrogen-bond acceptors (Lipinski definition) is 4. The number of nitrogens with one attached hydrogen (secondary N) is 1. The number of rotatable bonds is 7. The van der Waals surface area contributed by atoms with Crippen LogP contribution in [-0.2, 0) is 5.75 Å². The Morgan fingerprint density at radius 1 is 1.50 bits per heavy atom. The second kappa shape index (κ2) is 7.52. The Morgan fingerprint density at radius 2 is 2.31 bits per heavy atom. The number of nitrogens with zero attached hydrogens (tertiary/aromatic N) is 1. The van der Waals surface area contributed by atoms with Gasteiger partial charge in [0.05, 0.1) is 12.3 Å². The number of anilines is 1. The van der Waals surface area contributed by atoms with Crippen molar-refractivity contribution in [2.45, 2.75) is 31.3 Å². The highest BCUT2D eigenvalue weighted by atomic mass is 32.2. The van der Waals surface area contributed by atoms with Gasteiger partial charge in [-0.2, -0.15) is 11.8 Å². The SMILES string of the molecule is CCCNc1cccc(CSC(C)CO)n1. The van der Waals surface area contributed by atoms with Gasteiger partial charge in [-0.05, 0) is 18.6 Å². The zero-order valence-corrected chi connectivity index (χ0v) is 10.8. The number of aromatic nitrogens is 1. The first-order chi connectivity index (χ1) is 7.76. The van der Waals surface area contributed by atoms with Crippen molar-refractivity contribution < 1.29 is 5.11 Å². The molecule has 1 atom stereocenters. The van der Waals surface area contributed by atoms with E-state index < -0.39 is 0 Å². The summed E-state index contributed by atoms with van der Waals surface area (Å²) in [7, 11) is 0. The van der Waals surface area contributed by atoms with Gasteiger partial charge < -0.3 is 10.4 Å². The number of aliphatic hydroxyl groups excluding tert-OH is 1. The van der Waals surface area contributed by atoms with Crippen molar-refractivity contribution in [2.24, 2.45) is 0 Å². The molecule has 16 heavy (non-hydrogen) atoms. The van der Waals surface area contributed by atoms with E-state index in [0.29, 0.717) is 0 Å². The lowest BCUT2D eigenvalue weighted by molar-refractivity contribution is 0.300. The third kappa shape index (κ3) is 4.86. The second-order valence-electron chi connectivity index (χ2n) is 3.75. The number of hydrogen-bond donors (Lipinski definition) is 2. The van der Waals surface area contributed by atoms with E-state index in [4.69, 9.17) is 5.11 Å². The Bertz CT molecular complexity index is 307. The van der Waals surface area contributed by atoms with Crippen LogP contribution < -0.4 is 5.32 Å². The molecule has 0 saturated carbocycles. The smallest absolute Gasteiger partial charge is 0.126 e. The van der Waals surface area contributed by atoms with Gasteiger partial charge in [0.25, 0.3) is 0 Å². The van der Waals surface area contributed by atoms with E-state index in [0.717, 1.165) is 30.2 Å². The summed E-state index contributed by atoms with van der Waals surface area (Å²) in [5, 5.41) is 12.5. The highest BCUT2D eigenvalue weighted by molar-refractivity contribution is 7.99. The van der Waals surface area contributed by atoms with E-state index in [1.54, 1.807) is 11.8 Å². The molecule has 2 N–H and O–H groups in total. The summed E-state index contributed by atoms with van der Waals surface area (Å²) in [5.74, 6) is 1.79. The average molecular weight is 240 g/mol.